The summed E-state index contributed by atoms with van der Waals surface area (Å²) in [6, 6.07) is 6.73. The quantitative estimate of drug-likeness (QED) is 0.639. The minimum absolute atomic E-state index is 0.111. The average molecular weight is 275 g/mol. The number of nitro benzene ring substituents is 1. The molecule has 0 bridgehead atoms. The monoisotopic (exact) mass is 275 g/mol. The molecule has 106 valence electrons. The van der Waals surface area contributed by atoms with E-state index in [0.29, 0.717) is 0 Å². The van der Waals surface area contributed by atoms with Crippen LogP contribution in [0.1, 0.15) is 24.4 Å². The first-order valence-corrected chi connectivity index (χ1v) is 6.38. The van der Waals surface area contributed by atoms with Crippen molar-refractivity contribution >= 4 is 5.69 Å². The van der Waals surface area contributed by atoms with Crippen molar-refractivity contribution in [3.8, 4) is 0 Å². The zero-order valence-corrected chi connectivity index (χ0v) is 11.5. The van der Waals surface area contributed by atoms with Gasteiger partial charge in [0.15, 0.2) is 0 Å². The van der Waals surface area contributed by atoms with E-state index in [1.807, 2.05) is 18.5 Å². The molecule has 1 N–H and O–H groups in total. The number of nitro groups is 1. The number of aryl methyl sites for hydroxylation is 1. The molecule has 1 atom stereocenters. The molecule has 20 heavy (non-hydrogen) atoms. The van der Waals surface area contributed by atoms with Crippen molar-refractivity contribution < 1.29 is 4.92 Å². The Morgan fingerprint density at radius 3 is 2.65 bits per heavy atom. The highest BCUT2D eigenvalue weighted by molar-refractivity contribution is 5.34. The van der Waals surface area contributed by atoms with Gasteiger partial charge >= 0.3 is 0 Å². The predicted molar refractivity (Wildman–Crippen MR) is 74.2 cm³/mol. The van der Waals surface area contributed by atoms with E-state index < -0.39 is 4.92 Å². The molecule has 0 fully saturated rings. The highest BCUT2D eigenvalue weighted by Gasteiger charge is 2.09. The van der Waals surface area contributed by atoms with Crippen LogP contribution in [0.15, 0.2) is 30.6 Å². The lowest BCUT2D eigenvalue weighted by atomic mass is 10.1. The summed E-state index contributed by atoms with van der Waals surface area (Å²) in [6.45, 7) is 2.79. The molecule has 1 aromatic carbocycles. The summed E-state index contributed by atoms with van der Waals surface area (Å²) in [5.41, 5.74) is 1.13. The van der Waals surface area contributed by atoms with Gasteiger partial charge in [-0.2, -0.15) is 0 Å². The van der Waals surface area contributed by atoms with E-state index in [1.165, 1.54) is 12.1 Å². The van der Waals surface area contributed by atoms with E-state index in [4.69, 9.17) is 0 Å². The number of nitrogens with zero attached hydrogens (tertiary/aromatic N) is 4. The van der Waals surface area contributed by atoms with E-state index in [1.54, 1.807) is 18.5 Å². The Bertz CT molecular complexity index is 579. The van der Waals surface area contributed by atoms with Crippen molar-refractivity contribution in [2.45, 2.75) is 19.4 Å². The van der Waals surface area contributed by atoms with Gasteiger partial charge in [-0.25, -0.2) is 0 Å². The van der Waals surface area contributed by atoms with Crippen LogP contribution in [0.2, 0.25) is 0 Å². The van der Waals surface area contributed by atoms with Crippen molar-refractivity contribution in [3.63, 3.8) is 0 Å². The van der Waals surface area contributed by atoms with Gasteiger partial charge in [-0.3, -0.25) is 10.1 Å². The number of hydrogen-bond acceptors (Lipinski definition) is 5. The van der Waals surface area contributed by atoms with E-state index in [9.17, 15) is 10.1 Å². The number of nitrogens with one attached hydrogen (secondary N) is 1. The Kier molecular flexibility index (Phi) is 4.41. The lowest BCUT2D eigenvalue weighted by Gasteiger charge is -2.13. The fraction of sp³-hybridized carbons (Fsp3) is 0.385. The molecule has 0 aliphatic heterocycles. The molecular weight excluding hydrogens is 258 g/mol. The van der Waals surface area contributed by atoms with Crippen LogP contribution in [0.25, 0.3) is 0 Å². The molecule has 2 aromatic rings. The van der Waals surface area contributed by atoms with Crippen LogP contribution >= 0.6 is 0 Å². The third-order valence-electron chi connectivity index (χ3n) is 3.21. The fourth-order valence-corrected chi connectivity index (χ4v) is 1.94. The van der Waals surface area contributed by atoms with Crippen molar-refractivity contribution in [1.29, 1.82) is 0 Å². The van der Waals surface area contributed by atoms with Gasteiger partial charge in [0.2, 0.25) is 0 Å². The van der Waals surface area contributed by atoms with Crippen molar-refractivity contribution in [2.75, 3.05) is 6.54 Å². The largest absolute Gasteiger partial charge is 0.321 e. The van der Waals surface area contributed by atoms with Gasteiger partial charge in [-0.1, -0.05) is 12.1 Å². The zero-order chi connectivity index (χ0) is 14.5. The highest BCUT2D eigenvalue weighted by atomic mass is 16.6. The lowest BCUT2D eigenvalue weighted by Crippen LogP contribution is -2.22. The second kappa shape index (κ2) is 6.25. The van der Waals surface area contributed by atoms with Gasteiger partial charge in [0.05, 0.1) is 4.92 Å². The van der Waals surface area contributed by atoms with Gasteiger partial charge < -0.3 is 9.88 Å². The molecule has 0 spiro atoms. The molecule has 7 nitrogen and oxygen atoms in total. The SMILES string of the molecule is CC(NCCc1nncn1C)c1ccc([N+](=O)[O-])cc1. The Balaban J connectivity index is 1.87. The summed E-state index contributed by atoms with van der Waals surface area (Å²) in [6.07, 6.45) is 2.46. The minimum atomic E-state index is -0.393. The smallest absolute Gasteiger partial charge is 0.269 e. The molecule has 1 unspecified atom stereocenters. The van der Waals surface area contributed by atoms with Crippen LogP contribution in [-0.4, -0.2) is 26.2 Å². The molecule has 2 rings (SSSR count). The first-order valence-electron chi connectivity index (χ1n) is 6.38. The topological polar surface area (TPSA) is 85.9 Å². The van der Waals surface area contributed by atoms with Crippen LogP contribution in [-0.2, 0) is 13.5 Å². The van der Waals surface area contributed by atoms with Gasteiger partial charge in [0, 0.05) is 38.2 Å². The summed E-state index contributed by atoms with van der Waals surface area (Å²) in [5, 5.41) is 21.8. The molecule has 7 heteroatoms. The first kappa shape index (κ1) is 14.1. The van der Waals surface area contributed by atoms with Gasteiger partial charge in [-0.05, 0) is 12.5 Å². The molecule has 0 saturated carbocycles. The van der Waals surface area contributed by atoms with Gasteiger partial charge in [0.25, 0.3) is 5.69 Å². The van der Waals surface area contributed by atoms with Crippen molar-refractivity contribution in [3.05, 3.63) is 52.1 Å². The van der Waals surface area contributed by atoms with E-state index in [-0.39, 0.29) is 11.7 Å². The number of aromatic nitrogens is 3. The molecule has 0 aliphatic carbocycles. The normalized spacial score (nSPS) is 12.3. The molecule has 1 heterocycles. The van der Waals surface area contributed by atoms with Crippen LogP contribution in [0, 0.1) is 10.1 Å². The Hall–Kier alpha value is -2.28. The summed E-state index contributed by atoms with van der Waals surface area (Å²) < 4.78 is 1.89. The highest BCUT2D eigenvalue weighted by Crippen LogP contribution is 2.17. The second-order valence-electron chi connectivity index (χ2n) is 4.63. The maximum absolute atomic E-state index is 10.6. The summed E-state index contributed by atoms with van der Waals surface area (Å²) in [5.74, 6) is 0.924. The Morgan fingerprint density at radius 1 is 1.40 bits per heavy atom. The molecule has 1 aromatic heterocycles. The van der Waals surface area contributed by atoms with Crippen molar-refractivity contribution in [2.24, 2.45) is 7.05 Å². The molecule has 0 aliphatic rings. The van der Waals surface area contributed by atoms with E-state index >= 15 is 0 Å². The summed E-state index contributed by atoms with van der Waals surface area (Å²) >= 11 is 0. The predicted octanol–water partition coefficient (Wildman–Crippen LogP) is 1.62. The molecular formula is C13H17N5O2. The fourth-order valence-electron chi connectivity index (χ4n) is 1.94. The zero-order valence-electron chi connectivity index (χ0n) is 11.5. The molecule has 0 saturated heterocycles. The maximum atomic E-state index is 10.6. The second-order valence-corrected chi connectivity index (χ2v) is 4.63. The van der Waals surface area contributed by atoms with E-state index in [2.05, 4.69) is 15.5 Å². The van der Waals surface area contributed by atoms with Crippen LogP contribution in [0.4, 0.5) is 5.69 Å². The van der Waals surface area contributed by atoms with Crippen LogP contribution in [0.3, 0.4) is 0 Å². The lowest BCUT2D eigenvalue weighted by molar-refractivity contribution is -0.384. The minimum Gasteiger partial charge on any atom is -0.321 e. The number of non-ortho nitro benzene ring substituents is 1. The summed E-state index contributed by atoms with van der Waals surface area (Å²) in [4.78, 5) is 10.2. The average Bonchev–Trinajstić information content (AvgIpc) is 2.84. The first-order chi connectivity index (χ1) is 9.58. The Labute approximate surface area is 116 Å². The van der Waals surface area contributed by atoms with Crippen LogP contribution in [0.5, 0.6) is 0 Å². The third kappa shape index (κ3) is 3.39. The molecule has 0 amide bonds. The number of rotatable bonds is 6. The third-order valence-corrected chi connectivity index (χ3v) is 3.21. The van der Waals surface area contributed by atoms with Gasteiger partial charge in [0.1, 0.15) is 12.2 Å². The molecule has 0 radical (unpaired) electrons. The van der Waals surface area contributed by atoms with Gasteiger partial charge in [-0.15, -0.1) is 10.2 Å². The number of benzene rings is 1. The standard InChI is InChI=1S/C13H17N5O2/c1-10(11-3-5-12(6-4-11)18(19)20)14-8-7-13-16-15-9-17(13)2/h3-6,9-10,14H,7-8H2,1-2H3. The van der Waals surface area contributed by atoms with Crippen LogP contribution < -0.4 is 5.32 Å². The summed E-state index contributed by atoms with van der Waals surface area (Å²) in [7, 11) is 1.91. The number of hydrogen-bond donors (Lipinski definition) is 1. The Morgan fingerprint density at radius 2 is 2.10 bits per heavy atom. The van der Waals surface area contributed by atoms with E-state index in [0.717, 1.165) is 24.4 Å². The maximum Gasteiger partial charge on any atom is 0.269 e. The van der Waals surface area contributed by atoms with Crippen molar-refractivity contribution in [1.82, 2.24) is 20.1 Å².